The van der Waals surface area contributed by atoms with Gasteiger partial charge in [0.2, 0.25) is 5.82 Å². The van der Waals surface area contributed by atoms with Crippen molar-refractivity contribution in [3.63, 3.8) is 0 Å². The molecule has 1 heterocycles. The molecule has 0 radical (unpaired) electrons. The first kappa shape index (κ1) is 14.0. The molecule has 0 spiro atoms. The summed E-state index contributed by atoms with van der Waals surface area (Å²) < 4.78 is 65.5. The van der Waals surface area contributed by atoms with Crippen molar-refractivity contribution in [2.45, 2.75) is 12.8 Å². The Kier molecular flexibility index (Phi) is 4.24. The van der Waals surface area contributed by atoms with E-state index in [9.17, 15) is 22.0 Å². The molecule has 0 aromatic heterocycles. The summed E-state index contributed by atoms with van der Waals surface area (Å²) in [6.07, 6.45) is 1.59. The number of halogens is 5. The molecule has 2 N–H and O–H groups in total. The predicted molar refractivity (Wildman–Crippen MR) is 60.3 cm³/mol. The maximum Gasteiger partial charge on any atom is 0.200 e. The molecular weight excluding hydrogens is 267 g/mol. The number of benzene rings is 1. The number of hydrogen-bond donors (Lipinski definition) is 2. The Morgan fingerprint density at radius 1 is 0.842 bits per heavy atom. The van der Waals surface area contributed by atoms with E-state index >= 15 is 0 Å². The highest BCUT2D eigenvalue weighted by Crippen LogP contribution is 2.27. The molecule has 1 aromatic rings. The van der Waals surface area contributed by atoms with Crippen molar-refractivity contribution < 1.29 is 22.0 Å². The molecule has 0 aliphatic carbocycles. The first-order chi connectivity index (χ1) is 9.02. The van der Waals surface area contributed by atoms with Gasteiger partial charge < -0.3 is 10.6 Å². The minimum absolute atomic E-state index is 0.149. The lowest BCUT2D eigenvalue weighted by Crippen LogP contribution is -2.31. The van der Waals surface area contributed by atoms with E-state index in [2.05, 4.69) is 10.6 Å². The summed E-state index contributed by atoms with van der Waals surface area (Å²) in [7, 11) is 0. The third-order valence-electron chi connectivity index (χ3n) is 3.24. The fourth-order valence-electron chi connectivity index (χ4n) is 2.09. The van der Waals surface area contributed by atoms with Crippen LogP contribution in [-0.4, -0.2) is 19.6 Å². The third-order valence-corrected chi connectivity index (χ3v) is 3.24. The van der Waals surface area contributed by atoms with Crippen LogP contribution in [-0.2, 0) is 0 Å². The highest BCUT2D eigenvalue weighted by atomic mass is 19.2. The highest BCUT2D eigenvalue weighted by molar-refractivity contribution is 5.47. The smallest absolute Gasteiger partial charge is 0.200 e. The quantitative estimate of drug-likeness (QED) is 0.505. The summed E-state index contributed by atoms with van der Waals surface area (Å²) in [6.45, 7) is 1.74. The lowest BCUT2D eigenvalue weighted by atomic mass is 9.98. The maximum atomic E-state index is 13.4. The topological polar surface area (TPSA) is 24.1 Å². The van der Waals surface area contributed by atoms with Crippen LogP contribution in [0.5, 0.6) is 0 Å². The van der Waals surface area contributed by atoms with Crippen molar-refractivity contribution in [2.75, 3.05) is 25.0 Å². The van der Waals surface area contributed by atoms with Gasteiger partial charge in [-0.3, -0.25) is 0 Å². The Balaban J connectivity index is 2.15. The second-order valence-electron chi connectivity index (χ2n) is 4.52. The number of hydrogen-bond acceptors (Lipinski definition) is 2. The third kappa shape index (κ3) is 2.80. The molecule has 0 bridgehead atoms. The lowest BCUT2D eigenvalue weighted by Gasteiger charge is -2.23. The van der Waals surface area contributed by atoms with Crippen LogP contribution in [0.25, 0.3) is 0 Å². The largest absolute Gasteiger partial charge is 0.380 e. The fourth-order valence-corrected chi connectivity index (χ4v) is 2.09. The average Bonchev–Trinajstić information content (AvgIpc) is 2.44. The van der Waals surface area contributed by atoms with Crippen molar-refractivity contribution in [2.24, 2.45) is 5.92 Å². The second kappa shape index (κ2) is 5.73. The highest BCUT2D eigenvalue weighted by Gasteiger charge is 2.26. The molecule has 19 heavy (non-hydrogen) atoms. The van der Waals surface area contributed by atoms with Gasteiger partial charge in [-0.25, -0.2) is 22.0 Å². The Hall–Kier alpha value is -1.37. The van der Waals surface area contributed by atoms with Crippen molar-refractivity contribution in [1.29, 1.82) is 0 Å². The summed E-state index contributed by atoms with van der Waals surface area (Å²) in [4.78, 5) is 0. The molecule has 2 rings (SSSR count). The summed E-state index contributed by atoms with van der Waals surface area (Å²) in [5.74, 6) is -9.47. The number of anilines is 1. The van der Waals surface area contributed by atoms with Gasteiger partial charge in [-0.2, -0.15) is 0 Å². The summed E-state index contributed by atoms with van der Waals surface area (Å²) >= 11 is 0. The van der Waals surface area contributed by atoms with Crippen LogP contribution in [0.15, 0.2) is 0 Å². The molecular formula is C12H13F5N2. The van der Waals surface area contributed by atoms with Crippen molar-refractivity contribution >= 4 is 5.69 Å². The van der Waals surface area contributed by atoms with Crippen LogP contribution in [0, 0.1) is 35.0 Å². The molecule has 0 amide bonds. The summed E-state index contributed by atoms with van der Waals surface area (Å²) in [6, 6.07) is 0. The van der Waals surface area contributed by atoms with Gasteiger partial charge in [0.1, 0.15) is 5.69 Å². The average molecular weight is 280 g/mol. The van der Waals surface area contributed by atoms with Crippen LogP contribution in [0.4, 0.5) is 27.6 Å². The molecule has 1 fully saturated rings. The van der Waals surface area contributed by atoms with Gasteiger partial charge in [0, 0.05) is 6.54 Å². The molecule has 0 saturated carbocycles. The zero-order valence-electron chi connectivity index (χ0n) is 10.0. The second-order valence-corrected chi connectivity index (χ2v) is 4.52. The predicted octanol–water partition coefficient (Wildman–Crippen LogP) is 2.79. The van der Waals surface area contributed by atoms with Crippen LogP contribution in [0.3, 0.4) is 0 Å². The van der Waals surface area contributed by atoms with E-state index in [1.54, 1.807) is 0 Å². The normalized spacial score (nSPS) is 16.7. The Bertz CT molecular complexity index is 443. The first-order valence-electron chi connectivity index (χ1n) is 5.98. The Morgan fingerprint density at radius 3 is 1.84 bits per heavy atom. The number of rotatable bonds is 3. The van der Waals surface area contributed by atoms with Gasteiger partial charge >= 0.3 is 0 Å². The van der Waals surface area contributed by atoms with Gasteiger partial charge in [0.25, 0.3) is 0 Å². The summed E-state index contributed by atoms with van der Waals surface area (Å²) in [5.41, 5.74) is -0.949. The first-order valence-corrected chi connectivity index (χ1v) is 5.98. The molecule has 2 nitrogen and oxygen atoms in total. The molecule has 7 heteroatoms. The monoisotopic (exact) mass is 280 g/mol. The van der Waals surface area contributed by atoms with Crippen molar-refractivity contribution in [3.8, 4) is 0 Å². The molecule has 0 atom stereocenters. The minimum Gasteiger partial charge on any atom is -0.380 e. The van der Waals surface area contributed by atoms with E-state index in [0.29, 0.717) is 0 Å². The van der Waals surface area contributed by atoms with Gasteiger partial charge in [0.05, 0.1) is 0 Å². The minimum atomic E-state index is -2.14. The maximum absolute atomic E-state index is 13.4. The van der Waals surface area contributed by atoms with Crippen LogP contribution in [0.2, 0.25) is 0 Å². The SMILES string of the molecule is Fc1c(F)c(F)c(NCC2CCNCC2)c(F)c1F. The molecule has 1 aliphatic heterocycles. The van der Waals surface area contributed by atoms with Crippen molar-refractivity contribution in [1.82, 2.24) is 5.32 Å². The zero-order chi connectivity index (χ0) is 14.0. The fraction of sp³-hybridized carbons (Fsp3) is 0.500. The van der Waals surface area contributed by atoms with Crippen LogP contribution < -0.4 is 10.6 Å². The lowest BCUT2D eigenvalue weighted by molar-refractivity contribution is 0.374. The molecule has 1 aromatic carbocycles. The van der Waals surface area contributed by atoms with Gasteiger partial charge in [-0.15, -0.1) is 0 Å². The van der Waals surface area contributed by atoms with E-state index in [4.69, 9.17) is 0 Å². The number of piperidine rings is 1. The number of nitrogens with one attached hydrogen (secondary N) is 2. The van der Waals surface area contributed by atoms with Gasteiger partial charge in [-0.1, -0.05) is 0 Å². The van der Waals surface area contributed by atoms with Crippen LogP contribution >= 0.6 is 0 Å². The van der Waals surface area contributed by atoms with E-state index in [-0.39, 0.29) is 12.5 Å². The van der Waals surface area contributed by atoms with E-state index in [0.717, 1.165) is 25.9 Å². The van der Waals surface area contributed by atoms with E-state index in [1.807, 2.05) is 0 Å². The van der Waals surface area contributed by atoms with E-state index in [1.165, 1.54) is 0 Å². The van der Waals surface area contributed by atoms with E-state index < -0.39 is 34.8 Å². The zero-order valence-corrected chi connectivity index (χ0v) is 10.0. The Morgan fingerprint density at radius 2 is 1.32 bits per heavy atom. The molecule has 106 valence electrons. The van der Waals surface area contributed by atoms with Gasteiger partial charge in [0.15, 0.2) is 23.3 Å². The summed E-state index contributed by atoms with van der Waals surface area (Å²) in [5, 5.41) is 5.45. The van der Waals surface area contributed by atoms with Crippen molar-refractivity contribution in [3.05, 3.63) is 29.1 Å². The van der Waals surface area contributed by atoms with Crippen LogP contribution in [0.1, 0.15) is 12.8 Å². The van der Waals surface area contributed by atoms with Gasteiger partial charge in [-0.05, 0) is 31.8 Å². The Labute approximate surface area is 107 Å². The standard InChI is InChI=1S/C12H13F5N2/c13-7-8(14)10(16)12(11(17)9(7)15)19-5-6-1-3-18-4-2-6/h6,18-19H,1-5H2. The molecule has 0 unspecified atom stereocenters. The molecule has 1 aliphatic rings. The molecule has 1 saturated heterocycles.